The number of ether oxygens (including phenoxy) is 1. The van der Waals surface area contributed by atoms with E-state index in [0.29, 0.717) is 23.3 Å². The molecule has 0 saturated carbocycles. The molecule has 0 aliphatic heterocycles. The summed E-state index contributed by atoms with van der Waals surface area (Å²) in [4.78, 5) is 39.3. The predicted molar refractivity (Wildman–Crippen MR) is 150 cm³/mol. The van der Waals surface area contributed by atoms with Gasteiger partial charge in [-0.05, 0) is 54.6 Å². The number of nitrogens with zero attached hydrogens (tertiary/aromatic N) is 1. The number of urea groups is 1. The molecule has 1 heterocycles. The molecule has 12 heteroatoms. The van der Waals surface area contributed by atoms with Gasteiger partial charge in [0.25, 0.3) is 5.91 Å². The van der Waals surface area contributed by atoms with E-state index in [9.17, 15) is 27.6 Å². The number of hydrogen-bond acceptors (Lipinski definition) is 5. The fourth-order valence-electron chi connectivity index (χ4n) is 2.91. The first-order valence-corrected chi connectivity index (χ1v) is 12.3. The minimum absolute atomic E-state index is 0.138. The van der Waals surface area contributed by atoms with Crippen LogP contribution in [-0.2, 0) is 11.0 Å². The van der Waals surface area contributed by atoms with Crippen LogP contribution in [0.25, 0.3) is 0 Å². The van der Waals surface area contributed by atoms with Gasteiger partial charge in [-0.25, -0.2) is 4.79 Å². The van der Waals surface area contributed by atoms with Crippen LogP contribution in [-0.4, -0.2) is 29.9 Å². The Morgan fingerprint density at radius 2 is 1.45 bits per heavy atom. The number of rotatable bonds is 7. The highest BCUT2D eigenvalue weighted by molar-refractivity contribution is 6.01. The van der Waals surface area contributed by atoms with Crippen molar-refractivity contribution >= 4 is 34.9 Å². The van der Waals surface area contributed by atoms with Gasteiger partial charge < -0.3 is 26.0 Å². The Morgan fingerprint density at radius 1 is 0.850 bits per heavy atom. The molecule has 40 heavy (non-hydrogen) atoms. The first-order valence-electron chi connectivity index (χ1n) is 12.3. The molecule has 3 rings (SSSR count). The molecule has 0 unspecified atom stereocenters. The number of halogens is 3. The van der Waals surface area contributed by atoms with Crippen LogP contribution in [0.15, 0.2) is 73.4 Å². The molecule has 9 nitrogen and oxygen atoms in total. The first kappa shape index (κ1) is 33.2. The molecular formula is C28H32F3N5O4. The molecular weight excluding hydrogens is 527 g/mol. The van der Waals surface area contributed by atoms with Crippen LogP contribution in [0.4, 0.5) is 35.0 Å². The van der Waals surface area contributed by atoms with Crippen LogP contribution in [0.1, 0.15) is 43.7 Å². The van der Waals surface area contributed by atoms with Crippen molar-refractivity contribution in [1.29, 1.82) is 0 Å². The van der Waals surface area contributed by atoms with E-state index in [1.807, 2.05) is 27.7 Å². The van der Waals surface area contributed by atoms with Crippen LogP contribution in [0, 0.1) is 0 Å². The molecule has 0 aliphatic carbocycles. The number of carbonyl (C=O) groups is 3. The van der Waals surface area contributed by atoms with Crippen molar-refractivity contribution in [2.45, 2.75) is 33.9 Å². The molecule has 2 aromatic carbocycles. The van der Waals surface area contributed by atoms with E-state index in [2.05, 4.69) is 32.8 Å². The van der Waals surface area contributed by atoms with Crippen molar-refractivity contribution < 1.29 is 32.3 Å². The molecule has 3 aromatic rings. The van der Waals surface area contributed by atoms with Crippen LogP contribution in [0.2, 0.25) is 0 Å². The Morgan fingerprint density at radius 3 is 2.02 bits per heavy atom. The summed E-state index contributed by atoms with van der Waals surface area (Å²) in [6, 6.07) is 11.3. The second-order valence-corrected chi connectivity index (χ2v) is 7.11. The number of nitrogens with one attached hydrogen (secondary N) is 4. The van der Waals surface area contributed by atoms with Crippen molar-refractivity contribution in [2.75, 3.05) is 23.0 Å². The molecule has 0 aliphatic rings. The monoisotopic (exact) mass is 559 g/mol. The summed E-state index contributed by atoms with van der Waals surface area (Å²) in [6.45, 7) is 11.2. The minimum atomic E-state index is -4.77. The van der Waals surface area contributed by atoms with Gasteiger partial charge >= 0.3 is 12.2 Å². The highest BCUT2D eigenvalue weighted by atomic mass is 19.4. The van der Waals surface area contributed by atoms with E-state index in [1.54, 1.807) is 18.2 Å². The topological polar surface area (TPSA) is 121 Å². The Balaban J connectivity index is 0.00000191. The summed E-state index contributed by atoms with van der Waals surface area (Å²) in [5.41, 5.74) is -1.22. The molecule has 0 fully saturated rings. The van der Waals surface area contributed by atoms with Gasteiger partial charge in [-0.1, -0.05) is 34.3 Å². The van der Waals surface area contributed by atoms with Crippen molar-refractivity contribution in [3.8, 4) is 11.5 Å². The Labute approximate surface area is 230 Å². The van der Waals surface area contributed by atoms with E-state index in [0.717, 1.165) is 12.1 Å². The van der Waals surface area contributed by atoms with Gasteiger partial charge in [0.05, 0.1) is 11.3 Å². The summed E-state index contributed by atoms with van der Waals surface area (Å²) >= 11 is 0. The molecule has 0 saturated heterocycles. The van der Waals surface area contributed by atoms with E-state index < -0.39 is 29.4 Å². The summed E-state index contributed by atoms with van der Waals surface area (Å²) in [5, 5.41) is 9.35. The molecule has 1 aromatic heterocycles. The molecule has 0 bridgehead atoms. The van der Waals surface area contributed by atoms with Gasteiger partial charge in [-0.3, -0.25) is 14.6 Å². The maximum absolute atomic E-state index is 13.4. The van der Waals surface area contributed by atoms with Crippen molar-refractivity contribution in [1.82, 2.24) is 10.3 Å². The van der Waals surface area contributed by atoms with Crippen molar-refractivity contribution in [2.24, 2.45) is 0 Å². The largest absolute Gasteiger partial charge is 0.457 e. The molecule has 4 amide bonds. The lowest BCUT2D eigenvalue weighted by molar-refractivity contribution is -0.136. The van der Waals surface area contributed by atoms with E-state index in [4.69, 9.17) is 4.74 Å². The number of anilines is 3. The second kappa shape index (κ2) is 16.2. The summed E-state index contributed by atoms with van der Waals surface area (Å²) < 4.78 is 45.9. The number of benzene rings is 2. The fraction of sp³-hybridized carbons (Fsp3) is 0.214. The zero-order chi connectivity index (χ0) is 30.3. The van der Waals surface area contributed by atoms with Crippen LogP contribution >= 0.6 is 0 Å². The van der Waals surface area contributed by atoms with Gasteiger partial charge in [0.1, 0.15) is 17.2 Å². The van der Waals surface area contributed by atoms with E-state index in [-0.39, 0.29) is 17.3 Å². The van der Waals surface area contributed by atoms with Gasteiger partial charge in [0, 0.05) is 30.7 Å². The lowest BCUT2D eigenvalue weighted by Crippen LogP contribution is -2.20. The van der Waals surface area contributed by atoms with Gasteiger partial charge in [-0.2, -0.15) is 13.2 Å². The molecule has 4 N–H and O–H groups in total. The number of alkyl halides is 3. The normalized spacial score (nSPS) is 9.90. The van der Waals surface area contributed by atoms with Crippen LogP contribution in [0.3, 0.4) is 0 Å². The number of amides is 4. The van der Waals surface area contributed by atoms with Gasteiger partial charge in [-0.15, -0.1) is 0 Å². The van der Waals surface area contributed by atoms with E-state index >= 15 is 0 Å². The number of carbonyl (C=O) groups excluding carboxylic acids is 3. The Kier molecular flexibility index (Phi) is 13.4. The molecule has 0 spiro atoms. The zero-order valence-electron chi connectivity index (χ0n) is 22.8. The average Bonchev–Trinajstić information content (AvgIpc) is 2.96. The third-order valence-electron chi connectivity index (χ3n) is 4.57. The predicted octanol–water partition coefficient (Wildman–Crippen LogP) is 7.07. The lowest BCUT2D eigenvalue weighted by Gasteiger charge is -2.15. The highest BCUT2D eigenvalue weighted by Gasteiger charge is 2.34. The maximum Gasteiger partial charge on any atom is 0.418 e. The summed E-state index contributed by atoms with van der Waals surface area (Å²) in [6.07, 6.45) is -2.51. The fourth-order valence-corrected chi connectivity index (χ4v) is 2.91. The Bertz CT molecular complexity index is 1300. The number of hydrogen-bond donors (Lipinski definition) is 4. The maximum atomic E-state index is 13.4. The third-order valence-corrected chi connectivity index (χ3v) is 4.57. The quantitative estimate of drug-likeness (QED) is 0.231. The SMILES string of the molecule is C=CC(=O)Nc1ccc(NC(=O)Nc2ccc(Oc3ccnc(C(=O)NC)c3)cc2)cc1C(F)(F)F.CC.CC. The summed E-state index contributed by atoms with van der Waals surface area (Å²) in [7, 11) is 1.48. The van der Waals surface area contributed by atoms with Gasteiger partial charge in [0.2, 0.25) is 5.91 Å². The average molecular weight is 560 g/mol. The standard InChI is InChI=1S/C24H20F3N5O4.2C2H6/c1-3-21(33)32-19-9-6-15(12-18(19)24(25,26)27)31-23(35)30-14-4-7-16(8-5-14)36-17-10-11-29-20(13-17)22(34)28-2;2*1-2/h3-13H,1H2,2H3,(H,28,34)(H,32,33)(H2,30,31,35);2*1-2H3. The Hall–Kier alpha value is -4.87. The van der Waals surface area contributed by atoms with E-state index in [1.165, 1.54) is 37.5 Å². The first-order chi connectivity index (χ1) is 19.1. The highest BCUT2D eigenvalue weighted by Crippen LogP contribution is 2.36. The third kappa shape index (κ3) is 10.1. The second-order valence-electron chi connectivity index (χ2n) is 7.11. The molecule has 0 atom stereocenters. The van der Waals surface area contributed by atoms with Crippen molar-refractivity contribution in [3.63, 3.8) is 0 Å². The molecule has 0 radical (unpaired) electrons. The van der Waals surface area contributed by atoms with Crippen LogP contribution < -0.4 is 26.0 Å². The lowest BCUT2D eigenvalue weighted by atomic mass is 10.1. The zero-order valence-corrected chi connectivity index (χ0v) is 22.8. The summed E-state index contributed by atoms with van der Waals surface area (Å²) in [5.74, 6) is -0.399. The molecule has 214 valence electrons. The van der Waals surface area contributed by atoms with Crippen molar-refractivity contribution in [3.05, 3.63) is 84.7 Å². The number of pyridine rings is 1. The van der Waals surface area contributed by atoms with Crippen LogP contribution in [0.5, 0.6) is 11.5 Å². The van der Waals surface area contributed by atoms with Gasteiger partial charge in [0.15, 0.2) is 0 Å². The number of aromatic nitrogens is 1. The minimum Gasteiger partial charge on any atom is -0.457 e. The smallest absolute Gasteiger partial charge is 0.418 e.